The predicted molar refractivity (Wildman–Crippen MR) is 82.0 cm³/mol. The van der Waals surface area contributed by atoms with Gasteiger partial charge in [0, 0.05) is 17.8 Å². The Morgan fingerprint density at radius 3 is 2.45 bits per heavy atom. The average Bonchev–Trinajstić information content (AvgIpc) is 2.53. The van der Waals surface area contributed by atoms with Gasteiger partial charge in [-0.2, -0.15) is 0 Å². The van der Waals surface area contributed by atoms with E-state index in [1.165, 1.54) is 18.2 Å². The Kier molecular flexibility index (Phi) is 4.63. The molecule has 0 radical (unpaired) electrons. The Balaban J connectivity index is 2.05. The molecule has 2 aromatic rings. The first-order chi connectivity index (χ1) is 10.5. The monoisotopic (exact) mass is 300 g/mol. The number of hydrogen-bond donors (Lipinski definition) is 3. The summed E-state index contributed by atoms with van der Waals surface area (Å²) in [5.74, 6) is -0.791. The molecule has 0 aliphatic carbocycles. The van der Waals surface area contributed by atoms with Crippen LogP contribution in [0.15, 0.2) is 42.5 Å². The van der Waals surface area contributed by atoms with Crippen molar-refractivity contribution in [3.05, 3.63) is 59.2 Å². The van der Waals surface area contributed by atoms with Crippen molar-refractivity contribution in [3.63, 3.8) is 0 Å². The molecule has 0 aliphatic heterocycles. The number of methoxy groups -OCH3 is 1. The molecule has 0 atom stereocenters. The van der Waals surface area contributed by atoms with Gasteiger partial charge in [0.05, 0.1) is 12.7 Å². The minimum absolute atomic E-state index is 0.0860. The van der Waals surface area contributed by atoms with Crippen LogP contribution >= 0.6 is 0 Å². The van der Waals surface area contributed by atoms with Gasteiger partial charge in [-0.3, -0.25) is 4.79 Å². The van der Waals surface area contributed by atoms with E-state index in [2.05, 4.69) is 5.32 Å². The van der Waals surface area contributed by atoms with E-state index in [0.29, 0.717) is 6.54 Å². The van der Waals surface area contributed by atoms with E-state index in [0.717, 1.165) is 11.3 Å². The number of ether oxygens (including phenoxy) is 1. The molecule has 6 nitrogen and oxygen atoms in total. The molecule has 2 rings (SSSR count). The highest BCUT2D eigenvalue weighted by atomic mass is 16.5. The largest absolute Gasteiger partial charge is 0.497 e. The highest BCUT2D eigenvalue weighted by Gasteiger charge is 2.12. The number of carbonyl (C=O) groups is 2. The van der Waals surface area contributed by atoms with Gasteiger partial charge in [-0.25, -0.2) is 4.79 Å². The van der Waals surface area contributed by atoms with Crippen molar-refractivity contribution in [2.24, 2.45) is 0 Å². The summed E-state index contributed by atoms with van der Waals surface area (Å²) in [5, 5.41) is 11.7. The number of nitrogens with one attached hydrogen (secondary N) is 1. The van der Waals surface area contributed by atoms with Gasteiger partial charge in [-0.05, 0) is 35.9 Å². The zero-order valence-electron chi connectivity index (χ0n) is 12.0. The number of rotatable bonds is 5. The topological polar surface area (TPSA) is 102 Å². The third-order valence-corrected chi connectivity index (χ3v) is 3.16. The number of amides is 1. The van der Waals surface area contributed by atoms with Crippen LogP contribution in [0.2, 0.25) is 0 Å². The molecule has 114 valence electrons. The van der Waals surface area contributed by atoms with E-state index in [1.54, 1.807) is 19.2 Å². The average molecular weight is 300 g/mol. The van der Waals surface area contributed by atoms with E-state index in [9.17, 15) is 9.59 Å². The molecule has 0 fully saturated rings. The minimum Gasteiger partial charge on any atom is -0.497 e. The van der Waals surface area contributed by atoms with E-state index in [4.69, 9.17) is 15.6 Å². The summed E-state index contributed by atoms with van der Waals surface area (Å²) >= 11 is 0. The van der Waals surface area contributed by atoms with Crippen LogP contribution in [0.4, 0.5) is 5.69 Å². The Bertz CT molecular complexity index is 696. The standard InChI is InChI=1S/C16H16N2O4/c1-22-12-5-2-10(3-6-12)9-18-15(19)11-4-7-14(17)13(8-11)16(20)21/h2-8H,9,17H2,1H3,(H,18,19)(H,20,21). The Hall–Kier alpha value is -3.02. The second-order valence-electron chi connectivity index (χ2n) is 4.64. The SMILES string of the molecule is COc1ccc(CNC(=O)c2ccc(N)c(C(=O)O)c2)cc1. The molecule has 0 bridgehead atoms. The molecule has 0 saturated heterocycles. The van der Waals surface area contributed by atoms with Crippen LogP contribution < -0.4 is 15.8 Å². The van der Waals surface area contributed by atoms with Crippen LogP contribution in [-0.4, -0.2) is 24.1 Å². The second kappa shape index (κ2) is 6.62. The predicted octanol–water partition coefficient (Wildman–Crippen LogP) is 1.91. The van der Waals surface area contributed by atoms with E-state index >= 15 is 0 Å². The van der Waals surface area contributed by atoms with Crippen molar-refractivity contribution < 1.29 is 19.4 Å². The molecule has 4 N–H and O–H groups in total. The zero-order valence-corrected chi connectivity index (χ0v) is 12.0. The van der Waals surface area contributed by atoms with Crippen LogP contribution in [0, 0.1) is 0 Å². The van der Waals surface area contributed by atoms with Crippen molar-refractivity contribution in [2.45, 2.75) is 6.54 Å². The Labute approximate surface area is 127 Å². The lowest BCUT2D eigenvalue weighted by Crippen LogP contribution is -2.23. The highest BCUT2D eigenvalue weighted by Crippen LogP contribution is 2.15. The lowest BCUT2D eigenvalue weighted by molar-refractivity contribution is 0.0698. The molecule has 6 heteroatoms. The summed E-state index contributed by atoms with van der Waals surface area (Å²) in [7, 11) is 1.58. The van der Waals surface area contributed by atoms with Crippen LogP contribution in [0.3, 0.4) is 0 Å². The zero-order chi connectivity index (χ0) is 16.1. The number of nitrogens with two attached hydrogens (primary N) is 1. The quantitative estimate of drug-likeness (QED) is 0.732. The van der Waals surface area contributed by atoms with E-state index < -0.39 is 5.97 Å². The highest BCUT2D eigenvalue weighted by molar-refractivity contribution is 6.00. The maximum atomic E-state index is 12.1. The maximum Gasteiger partial charge on any atom is 0.337 e. The minimum atomic E-state index is -1.16. The first kappa shape index (κ1) is 15.4. The number of hydrogen-bond acceptors (Lipinski definition) is 4. The third kappa shape index (κ3) is 3.54. The third-order valence-electron chi connectivity index (χ3n) is 3.16. The summed E-state index contributed by atoms with van der Waals surface area (Å²) in [5.41, 5.74) is 6.75. The van der Waals surface area contributed by atoms with Gasteiger partial charge in [0.2, 0.25) is 0 Å². The molecule has 1 amide bonds. The second-order valence-corrected chi connectivity index (χ2v) is 4.64. The lowest BCUT2D eigenvalue weighted by Gasteiger charge is -2.08. The fourth-order valence-electron chi connectivity index (χ4n) is 1.91. The Morgan fingerprint density at radius 2 is 1.86 bits per heavy atom. The number of carbonyl (C=O) groups excluding carboxylic acids is 1. The molecule has 0 spiro atoms. The lowest BCUT2D eigenvalue weighted by atomic mass is 10.1. The number of nitrogen functional groups attached to an aromatic ring is 1. The van der Waals surface area contributed by atoms with E-state index in [-0.39, 0.29) is 22.7 Å². The first-order valence-corrected chi connectivity index (χ1v) is 6.55. The van der Waals surface area contributed by atoms with Gasteiger partial charge in [-0.15, -0.1) is 0 Å². The van der Waals surface area contributed by atoms with Crippen molar-refractivity contribution in [3.8, 4) is 5.75 Å². The van der Waals surface area contributed by atoms with Crippen molar-refractivity contribution in [1.82, 2.24) is 5.32 Å². The van der Waals surface area contributed by atoms with Crippen LogP contribution in [0.25, 0.3) is 0 Å². The van der Waals surface area contributed by atoms with Gasteiger partial charge in [-0.1, -0.05) is 12.1 Å². The number of aromatic carboxylic acids is 1. The van der Waals surface area contributed by atoms with Gasteiger partial charge in [0.1, 0.15) is 5.75 Å². The number of carboxylic acid groups (broad SMARTS) is 1. The summed E-state index contributed by atoms with van der Waals surface area (Å²) in [4.78, 5) is 23.1. The van der Waals surface area contributed by atoms with Crippen molar-refractivity contribution in [1.29, 1.82) is 0 Å². The molecule has 0 aromatic heterocycles. The molecule has 0 unspecified atom stereocenters. The van der Waals surface area contributed by atoms with Crippen molar-refractivity contribution in [2.75, 3.05) is 12.8 Å². The summed E-state index contributed by atoms with van der Waals surface area (Å²) < 4.78 is 5.06. The molecule has 0 aliphatic rings. The number of anilines is 1. The molecule has 2 aromatic carbocycles. The maximum absolute atomic E-state index is 12.1. The first-order valence-electron chi connectivity index (χ1n) is 6.55. The molecular weight excluding hydrogens is 284 g/mol. The van der Waals surface area contributed by atoms with Gasteiger partial charge >= 0.3 is 5.97 Å². The van der Waals surface area contributed by atoms with Gasteiger partial charge < -0.3 is 20.9 Å². The van der Waals surface area contributed by atoms with E-state index in [1.807, 2.05) is 12.1 Å². The molecule has 0 heterocycles. The van der Waals surface area contributed by atoms with Crippen LogP contribution in [-0.2, 0) is 6.54 Å². The number of benzene rings is 2. The summed E-state index contributed by atoms with van der Waals surface area (Å²) in [6.07, 6.45) is 0. The van der Waals surface area contributed by atoms with Crippen LogP contribution in [0.5, 0.6) is 5.75 Å². The molecular formula is C16H16N2O4. The fraction of sp³-hybridized carbons (Fsp3) is 0.125. The van der Waals surface area contributed by atoms with Gasteiger partial charge in [0.25, 0.3) is 5.91 Å². The fourth-order valence-corrected chi connectivity index (χ4v) is 1.91. The van der Waals surface area contributed by atoms with Crippen LogP contribution in [0.1, 0.15) is 26.3 Å². The summed E-state index contributed by atoms with van der Waals surface area (Å²) in [6, 6.07) is 11.4. The Morgan fingerprint density at radius 1 is 1.18 bits per heavy atom. The number of carboxylic acids is 1. The normalized spacial score (nSPS) is 10.0. The summed E-state index contributed by atoms with van der Waals surface area (Å²) in [6.45, 7) is 0.329. The smallest absolute Gasteiger partial charge is 0.337 e. The van der Waals surface area contributed by atoms with Gasteiger partial charge in [0.15, 0.2) is 0 Å². The van der Waals surface area contributed by atoms with Crippen molar-refractivity contribution >= 4 is 17.6 Å². The molecule has 22 heavy (non-hydrogen) atoms. The molecule has 0 saturated carbocycles.